The smallest absolute Gasteiger partial charge is 0.251 e. The lowest BCUT2D eigenvalue weighted by Gasteiger charge is -2.21. The summed E-state index contributed by atoms with van der Waals surface area (Å²) < 4.78 is 11.9. The number of hydrogen-bond acceptors (Lipinski definition) is 4. The minimum absolute atomic E-state index is 0.365. The van der Waals surface area contributed by atoms with E-state index < -0.39 is 0 Å². The molecule has 4 nitrogen and oxygen atoms in total. The molecular formula is C13H17NO3. The lowest BCUT2D eigenvalue weighted by molar-refractivity contribution is -0.0716. The van der Waals surface area contributed by atoms with Crippen LogP contribution >= 0.6 is 0 Å². The van der Waals surface area contributed by atoms with E-state index in [1.807, 2.05) is 18.2 Å². The zero-order valence-electron chi connectivity index (χ0n) is 9.99. The Morgan fingerprint density at radius 3 is 2.76 bits per heavy atom. The zero-order valence-corrected chi connectivity index (χ0v) is 9.99. The summed E-state index contributed by atoms with van der Waals surface area (Å²) in [6.07, 6.45) is 4.36. The van der Waals surface area contributed by atoms with Crippen LogP contribution in [0.15, 0.2) is 18.2 Å². The van der Waals surface area contributed by atoms with Crippen LogP contribution in [-0.4, -0.2) is 12.9 Å². The minimum Gasteiger partial charge on any atom is -0.448 e. The third-order valence-corrected chi connectivity index (χ3v) is 3.39. The molecule has 1 saturated carbocycles. The first kappa shape index (κ1) is 10.9. The number of hydroxylamine groups is 1. The Bertz CT molecular complexity index is 413. The summed E-state index contributed by atoms with van der Waals surface area (Å²) in [6.45, 7) is 0.667. The molecule has 3 rings (SSSR count). The van der Waals surface area contributed by atoms with Crippen molar-refractivity contribution < 1.29 is 14.3 Å². The standard InChI is InChI=1S/C13H17NO3/c1-15-14-9-10-4-5-11-12(8-10)17-13(16-11)6-2-3-7-13/h4-5,8,14H,2-3,6-7,9H2,1H3. The molecule has 1 spiro atoms. The Morgan fingerprint density at radius 2 is 2.00 bits per heavy atom. The number of fused-ring (bicyclic) bond motifs is 1. The van der Waals surface area contributed by atoms with E-state index >= 15 is 0 Å². The average molecular weight is 235 g/mol. The topological polar surface area (TPSA) is 39.7 Å². The Balaban J connectivity index is 1.78. The highest BCUT2D eigenvalue weighted by molar-refractivity contribution is 5.46. The van der Waals surface area contributed by atoms with Crippen LogP contribution in [0.2, 0.25) is 0 Å². The van der Waals surface area contributed by atoms with Crippen LogP contribution in [0, 0.1) is 0 Å². The van der Waals surface area contributed by atoms with Crippen LogP contribution in [0.4, 0.5) is 0 Å². The van der Waals surface area contributed by atoms with E-state index in [0.717, 1.165) is 29.9 Å². The molecule has 1 aliphatic carbocycles. The van der Waals surface area contributed by atoms with Gasteiger partial charge in [-0.25, -0.2) is 0 Å². The summed E-state index contributed by atoms with van der Waals surface area (Å²) in [5, 5.41) is 0. The summed E-state index contributed by atoms with van der Waals surface area (Å²) in [5.74, 6) is 1.37. The second kappa shape index (κ2) is 4.20. The summed E-state index contributed by atoms with van der Waals surface area (Å²) in [7, 11) is 1.61. The summed E-state index contributed by atoms with van der Waals surface area (Å²) in [6, 6.07) is 6.03. The predicted molar refractivity (Wildman–Crippen MR) is 62.7 cm³/mol. The van der Waals surface area contributed by atoms with Gasteiger partial charge in [-0.1, -0.05) is 6.07 Å². The molecular weight excluding hydrogens is 218 g/mol. The highest BCUT2D eigenvalue weighted by Crippen LogP contribution is 2.46. The van der Waals surface area contributed by atoms with Crippen molar-refractivity contribution in [3.63, 3.8) is 0 Å². The van der Waals surface area contributed by atoms with Crippen molar-refractivity contribution in [3.8, 4) is 11.5 Å². The molecule has 0 unspecified atom stereocenters. The second-order valence-corrected chi connectivity index (χ2v) is 4.63. The van der Waals surface area contributed by atoms with Gasteiger partial charge in [0.25, 0.3) is 5.79 Å². The molecule has 92 valence electrons. The van der Waals surface area contributed by atoms with Gasteiger partial charge in [0.1, 0.15) is 0 Å². The average Bonchev–Trinajstić information content (AvgIpc) is 2.92. The monoisotopic (exact) mass is 235 g/mol. The maximum Gasteiger partial charge on any atom is 0.251 e. The van der Waals surface area contributed by atoms with Gasteiger partial charge in [-0.05, 0) is 30.5 Å². The molecule has 0 radical (unpaired) electrons. The third-order valence-electron chi connectivity index (χ3n) is 3.39. The molecule has 0 atom stereocenters. The first-order valence-electron chi connectivity index (χ1n) is 6.08. The molecule has 0 saturated heterocycles. The number of nitrogens with one attached hydrogen (secondary N) is 1. The van der Waals surface area contributed by atoms with E-state index in [1.54, 1.807) is 7.11 Å². The molecule has 1 aliphatic heterocycles. The number of benzene rings is 1. The number of ether oxygens (including phenoxy) is 2. The summed E-state index contributed by atoms with van der Waals surface area (Å²) in [5.41, 5.74) is 3.95. The van der Waals surface area contributed by atoms with E-state index in [4.69, 9.17) is 14.3 Å². The van der Waals surface area contributed by atoms with Gasteiger partial charge in [0.05, 0.1) is 7.11 Å². The van der Waals surface area contributed by atoms with E-state index in [0.29, 0.717) is 6.54 Å². The summed E-state index contributed by atoms with van der Waals surface area (Å²) >= 11 is 0. The van der Waals surface area contributed by atoms with Gasteiger partial charge in [0.15, 0.2) is 11.5 Å². The van der Waals surface area contributed by atoms with E-state index in [1.165, 1.54) is 12.8 Å². The van der Waals surface area contributed by atoms with Crippen molar-refractivity contribution in [2.45, 2.75) is 38.0 Å². The Kier molecular flexibility index (Phi) is 2.68. The number of rotatable bonds is 3. The van der Waals surface area contributed by atoms with Gasteiger partial charge in [0.2, 0.25) is 0 Å². The highest BCUT2D eigenvalue weighted by atomic mass is 16.7. The van der Waals surface area contributed by atoms with Crippen LogP contribution in [0.25, 0.3) is 0 Å². The van der Waals surface area contributed by atoms with Crippen molar-refractivity contribution in [2.24, 2.45) is 0 Å². The Morgan fingerprint density at radius 1 is 1.24 bits per heavy atom. The molecule has 17 heavy (non-hydrogen) atoms. The van der Waals surface area contributed by atoms with Crippen molar-refractivity contribution >= 4 is 0 Å². The first-order chi connectivity index (χ1) is 8.31. The lowest BCUT2D eigenvalue weighted by atomic mass is 10.2. The summed E-state index contributed by atoms with van der Waals surface area (Å²) in [4.78, 5) is 4.84. The van der Waals surface area contributed by atoms with Gasteiger partial charge in [-0.15, -0.1) is 0 Å². The molecule has 1 aromatic carbocycles. The molecule has 1 fully saturated rings. The third kappa shape index (κ3) is 1.98. The second-order valence-electron chi connectivity index (χ2n) is 4.63. The van der Waals surface area contributed by atoms with Crippen LogP contribution in [0.3, 0.4) is 0 Å². The van der Waals surface area contributed by atoms with E-state index in [2.05, 4.69) is 5.48 Å². The number of hydrogen-bond donors (Lipinski definition) is 1. The SMILES string of the molecule is CONCc1ccc2c(c1)OC1(CCCC1)O2. The lowest BCUT2D eigenvalue weighted by Crippen LogP contribution is -2.34. The fourth-order valence-corrected chi connectivity index (χ4v) is 2.52. The quantitative estimate of drug-likeness (QED) is 0.816. The first-order valence-corrected chi connectivity index (χ1v) is 6.08. The van der Waals surface area contributed by atoms with Crippen LogP contribution in [0.5, 0.6) is 11.5 Å². The van der Waals surface area contributed by atoms with E-state index in [9.17, 15) is 0 Å². The van der Waals surface area contributed by atoms with Crippen molar-refractivity contribution in [1.29, 1.82) is 0 Å². The molecule has 2 aliphatic rings. The maximum absolute atomic E-state index is 5.99. The minimum atomic E-state index is -0.365. The van der Waals surface area contributed by atoms with Gasteiger partial charge >= 0.3 is 0 Å². The molecule has 1 N–H and O–H groups in total. The van der Waals surface area contributed by atoms with Crippen LogP contribution in [0.1, 0.15) is 31.2 Å². The molecule has 0 bridgehead atoms. The van der Waals surface area contributed by atoms with Gasteiger partial charge in [-0.3, -0.25) is 0 Å². The molecule has 4 heteroatoms. The van der Waals surface area contributed by atoms with Gasteiger partial charge in [0, 0.05) is 19.4 Å². The normalized spacial score (nSPS) is 20.1. The fraction of sp³-hybridized carbons (Fsp3) is 0.538. The molecule has 0 amide bonds. The predicted octanol–water partition coefficient (Wildman–Crippen LogP) is 2.38. The highest BCUT2D eigenvalue weighted by Gasteiger charge is 2.43. The van der Waals surface area contributed by atoms with Crippen molar-refractivity contribution in [2.75, 3.05) is 7.11 Å². The van der Waals surface area contributed by atoms with E-state index in [-0.39, 0.29) is 5.79 Å². The zero-order chi connectivity index (χ0) is 11.7. The van der Waals surface area contributed by atoms with Crippen LogP contribution in [-0.2, 0) is 11.4 Å². The molecule has 0 aromatic heterocycles. The van der Waals surface area contributed by atoms with Gasteiger partial charge < -0.3 is 14.3 Å². The van der Waals surface area contributed by atoms with Crippen molar-refractivity contribution in [1.82, 2.24) is 5.48 Å². The Hall–Kier alpha value is -1.26. The Labute approximate surface area is 101 Å². The van der Waals surface area contributed by atoms with Crippen LogP contribution < -0.4 is 15.0 Å². The van der Waals surface area contributed by atoms with Gasteiger partial charge in [-0.2, -0.15) is 5.48 Å². The molecule has 1 aromatic rings. The fourth-order valence-electron chi connectivity index (χ4n) is 2.52. The maximum atomic E-state index is 5.99. The molecule has 1 heterocycles. The largest absolute Gasteiger partial charge is 0.448 e. The van der Waals surface area contributed by atoms with Crippen molar-refractivity contribution in [3.05, 3.63) is 23.8 Å².